The number of anilines is 1. The molecule has 0 atom stereocenters. The maximum atomic E-state index is 11.6. The number of benzene rings is 1. The summed E-state index contributed by atoms with van der Waals surface area (Å²) in [6.07, 6.45) is 0. The molecule has 0 bridgehead atoms. The molecule has 0 aliphatic rings. The lowest BCUT2D eigenvalue weighted by Gasteiger charge is -2.06. The van der Waals surface area contributed by atoms with Gasteiger partial charge in [-0.1, -0.05) is 0 Å². The lowest BCUT2D eigenvalue weighted by molar-refractivity contribution is -0.117. The zero-order valence-electron chi connectivity index (χ0n) is 9.15. The fourth-order valence-corrected chi connectivity index (χ4v) is 2.19. The molecule has 0 aliphatic heterocycles. The molecule has 16 heavy (non-hydrogen) atoms. The third-order valence-corrected chi connectivity index (χ3v) is 3.27. The lowest BCUT2D eigenvalue weighted by Crippen LogP contribution is -2.28. The van der Waals surface area contributed by atoms with Crippen molar-refractivity contribution in [1.29, 1.82) is 0 Å². The highest BCUT2D eigenvalue weighted by Crippen LogP contribution is 2.13. The zero-order valence-corrected chi connectivity index (χ0v) is 9.97. The van der Waals surface area contributed by atoms with Crippen LogP contribution in [0.4, 0.5) is 5.69 Å². The molecule has 0 aliphatic carbocycles. The quantitative estimate of drug-likeness (QED) is 0.824. The van der Waals surface area contributed by atoms with Crippen molar-refractivity contribution in [3.05, 3.63) is 24.3 Å². The molecule has 1 amide bonds. The Labute approximate surface area is 94.9 Å². The van der Waals surface area contributed by atoms with Gasteiger partial charge in [0, 0.05) is 19.2 Å². The van der Waals surface area contributed by atoms with E-state index in [1.165, 1.54) is 12.1 Å². The maximum absolute atomic E-state index is 11.6. The van der Waals surface area contributed by atoms with Crippen molar-refractivity contribution in [3.63, 3.8) is 0 Å². The van der Waals surface area contributed by atoms with Gasteiger partial charge in [0.25, 0.3) is 10.0 Å². The van der Waals surface area contributed by atoms with Gasteiger partial charge in [0.15, 0.2) is 0 Å². The molecule has 0 fully saturated rings. The number of hydrogen-bond donors (Lipinski definition) is 2. The first kappa shape index (κ1) is 12.5. The Balaban J connectivity index is 2.93. The maximum Gasteiger partial charge on any atom is 0.264 e. The second kappa shape index (κ2) is 4.98. The van der Waals surface area contributed by atoms with E-state index in [2.05, 4.69) is 5.32 Å². The van der Waals surface area contributed by atoms with E-state index in [0.717, 1.165) is 19.2 Å². The summed E-state index contributed by atoms with van der Waals surface area (Å²) in [5.74, 6) is -0.601. The molecule has 1 rings (SSSR count). The molecule has 0 heterocycles. The second-order valence-corrected chi connectivity index (χ2v) is 4.90. The molecule has 2 N–H and O–H groups in total. The lowest BCUT2D eigenvalue weighted by atomic mass is 10.3. The summed E-state index contributed by atoms with van der Waals surface area (Å²) >= 11 is 0. The van der Waals surface area contributed by atoms with E-state index in [-0.39, 0.29) is 4.90 Å². The van der Waals surface area contributed by atoms with Crippen molar-refractivity contribution < 1.29 is 13.2 Å². The first-order valence-corrected chi connectivity index (χ1v) is 6.31. The molecule has 0 unspecified atom stereocenters. The first-order chi connectivity index (χ1) is 7.45. The van der Waals surface area contributed by atoms with Crippen molar-refractivity contribution in [2.75, 3.05) is 11.9 Å². The summed E-state index contributed by atoms with van der Waals surface area (Å²) in [7, 11) is -3.72. The van der Waals surface area contributed by atoms with E-state index in [1.54, 1.807) is 12.1 Å². The summed E-state index contributed by atoms with van der Waals surface area (Å²) in [4.78, 5) is 10.8. The van der Waals surface area contributed by atoms with Crippen LogP contribution >= 0.6 is 0 Å². The van der Waals surface area contributed by atoms with E-state index in [0.29, 0.717) is 0 Å². The highest BCUT2D eigenvalue weighted by molar-refractivity contribution is 7.90. The highest BCUT2D eigenvalue weighted by atomic mass is 32.2. The summed E-state index contributed by atoms with van der Waals surface area (Å²) in [5, 5.41) is 3.04. The van der Waals surface area contributed by atoms with Gasteiger partial charge >= 0.3 is 0 Å². The van der Waals surface area contributed by atoms with Crippen LogP contribution in [-0.2, 0) is 14.8 Å². The number of rotatable bonds is 4. The third kappa shape index (κ3) is 3.23. The number of nitrogens with one attached hydrogen (secondary N) is 2. The molecule has 0 saturated heterocycles. The minimum atomic E-state index is -3.72. The predicted octanol–water partition coefficient (Wildman–Crippen LogP) is 0.943. The van der Waals surface area contributed by atoms with Gasteiger partial charge in [-0.3, -0.25) is 4.79 Å². The van der Waals surface area contributed by atoms with Crippen LogP contribution < -0.4 is 10.0 Å². The number of amides is 1. The molecule has 0 saturated carbocycles. The van der Waals surface area contributed by atoms with Crippen LogP contribution in [0, 0.1) is 0 Å². The van der Waals surface area contributed by atoms with Crippen LogP contribution in [-0.4, -0.2) is 20.9 Å². The monoisotopic (exact) mass is 242 g/mol. The van der Waals surface area contributed by atoms with Gasteiger partial charge in [-0.2, -0.15) is 0 Å². The molecule has 1 aromatic carbocycles. The van der Waals surface area contributed by atoms with E-state index in [4.69, 9.17) is 0 Å². The van der Waals surface area contributed by atoms with Crippen molar-refractivity contribution in [1.82, 2.24) is 4.72 Å². The molecule has 0 aromatic heterocycles. The van der Waals surface area contributed by atoms with Crippen molar-refractivity contribution in [2.45, 2.75) is 18.7 Å². The predicted molar refractivity (Wildman–Crippen MR) is 61.6 cm³/mol. The topological polar surface area (TPSA) is 75.3 Å². The molecule has 6 heteroatoms. The summed E-state index contributed by atoms with van der Waals surface area (Å²) in [6, 6.07) is 6.20. The number of sulfonamides is 1. The Morgan fingerprint density at radius 2 is 1.81 bits per heavy atom. The summed E-state index contributed by atoms with van der Waals surface area (Å²) in [6.45, 7) is 3.87. The van der Waals surface area contributed by atoms with Crippen LogP contribution in [0.1, 0.15) is 13.8 Å². The molecule has 5 nitrogen and oxygen atoms in total. The number of carbonyl (C=O) groups is 1. The van der Waals surface area contributed by atoms with E-state index in [1.807, 2.05) is 11.6 Å². The molecule has 0 spiro atoms. The fourth-order valence-electron chi connectivity index (χ4n) is 1.20. The van der Waals surface area contributed by atoms with Crippen LogP contribution in [0.15, 0.2) is 29.2 Å². The van der Waals surface area contributed by atoms with Crippen LogP contribution in [0.5, 0.6) is 0 Å². The Morgan fingerprint density at radius 3 is 2.25 bits per heavy atom. The Morgan fingerprint density at radius 1 is 1.25 bits per heavy atom. The average molecular weight is 242 g/mol. The Kier molecular flexibility index (Phi) is 3.89. The SMILES string of the molecule is CCNc1ccc(S(=O)(=O)NC(C)=O)cc1. The van der Waals surface area contributed by atoms with Crippen LogP contribution in [0.3, 0.4) is 0 Å². The van der Waals surface area contributed by atoms with Gasteiger partial charge in [0.2, 0.25) is 5.91 Å². The standard InChI is InChI=1S/C10H14N2O3S/c1-3-11-9-4-6-10(7-5-9)16(14,15)12-8(2)13/h4-7,11H,3H2,1-2H3,(H,12,13). The molecule has 88 valence electrons. The van der Waals surface area contributed by atoms with E-state index in [9.17, 15) is 13.2 Å². The third-order valence-electron chi connectivity index (χ3n) is 1.82. The minimum Gasteiger partial charge on any atom is -0.385 e. The van der Waals surface area contributed by atoms with Crippen LogP contribution in [0.2, 0.25) is 0 Å². The summed E-state index contributed by atoms with van der Waals surface area (Å²) < 4.78 is 25.0. The van der Waals surface area contributed by atoms with Gasteiger partial charge in [-0.25, -0.2) is 13.1 Å². The largest absolute Gasteiger partial charge is 0.385 e. The average Bonchev–Trinajstić information content (AvgIpc) is 2.17. The molecular weight excluding hydrogens is 228 g/mol. The summed E-state index contributed by atoms with van der Waals surface area (Å²) in [5.41, 5.74) is 0.837. The number of carbonyl (C=O) groups excluding carboxylic acids is 1. The van der Waals surface area contributed by atoms with E-state index < -0.39 is 15.9 Å². The van der Waals surface area contributed by atoms with Gasteiger partial charge in [0.1, 0.15) is 0 Å². The van der Waals surface area contributed by atoms with Gasteiger partial charge in [0.05, 0.1) is 4.90 Å². The van der Waals surface area contributed by atoms with Gasteiger partial charge < -0.3 is 5.32 Å². The highest BCUT2D eigenvalue weighted by Gasteiger charge is 2.14. The van der Waals surface area contributed by atoms with Gasteiger partial charge in [-0.05, 0) is 31.2 Å². The van der Waals surface area contributed by atoms with E-state index >= 15 is 0 Å². The zero-order chi connectivity index (χ0) is 12.2. The second-order valence-electron chi connectivity index (χ2n) is 3.22. The normalized spacial score (nSPS) is 10.9. The smallest absolute Gasteiger partial charge is 0.264 e. The van der Waals surface area contributed by atoms with Crippen molar-refractivity contribution in [2.24, 2.45) is 0 Å². The fraction of sp³-hybridized carbons (Fsp3) is 0.300. The first-order valence-electron chi connectivity index (χ1n) is 4.83. The minimum absolute atomic E-state index is 0.0735. The molecule has 0 radical (unpaired) electrons. The molecule has 1 aromatic rings. The van der Waals surface area contributed by atoms with Crippen molar-refractivity contribution >= 4 is 21.6 Å². The Hall–Kier alpha value is -1.56. The molecular formula is C10H14N2O3S. The van der Waals surface area contributed by atoms with Crippen LogP contribution in [0.25, 0.3) is 0 Å². The van der Waals surface area contributed by atoms with Gasteiger partial charge in [-0.15, -0.1) is 0 Å². The Bertz CT molecular complexity index is 465. The van der Waals surface area contributed by atoms with Crippen molar-refractivity contribution in [3.8, 4) is 0 Å². The number of hydrogen-bond acceptors (Lipinski definition) is 4.